The molecule has 0 saturated carbocycles. The van der Waals surface area contributed by atoms with Crippen molar-refractivity contribution in [2.45, 2.75) is 6.92 Å². The maximum atomic E-state index is 10.1. The molecule has 4 aromatic rings. The zero-order valence-electron chi connectivity index (χ0n) is 13.6. The van der Waals surface area contributed by atoms with Gasteiger partial charge >= 0.3 is 0 Å². The highest BCUT2D eigenvalue weighted by atomic mass is 35.5. The minimum Gasteiger partial charge on any atom is -0.506 e. The first-order valence-corrected chi connectivity index (χ1v) is 9.36. The van der Waals surface area contributed by atoms with Gasteiger partial charge in [-0.05, 0) is 42.8 Å². The Balaban J connectivity index is 1.90. The average molecular weight is 402 g/mol. The molecule has 0 aliphatic carbocycles. The number of nitrogens with zero attached hydrogens (tertiary/aromatic N) is 2. The highest BCUT2D eigenvalue weighted by Gasteiger charge is 2.17. The Bertz CT molecular complexity index is 1110. The fourth-order valence-corrected chi connectivity index (χ4v) is 4.15. The van der Waals surface area contributed by atoms with Gasteiger partial charge in [-0.3, -0.25) is 0 Å². The number of fused-ring (bicyclic) bond motifs is 1. The second kappa shape index (κ2) is 6.76. The molecule has 130 valence electrons. The number of benzene rings is 2. The van der Waals surface area contributed by atoms with Crippen molar-refractivity contribution in [3.05, 3.63) is 63.7 Å². The first-order chi connectivity index (χ1) is 12.5. The first-order valence-electron chi connectivity index (χ1n) is 7.78. The summed E-state index contributed by atoms with van der Waals surface area (Å²) in [5.74, 6) is 0.711. The molecule has 0 saturated heterocycles. The van der Waals surface area contributed by atoms with Gasteiger partial charge < -0.3 is 10.4 Å². The van der Waals surface area contributed by atoms with E-state index in [-0.39, 0.29) is 5.75 Å². The number of halogens is 2. The minimum atomic E-state index is 0.0983. The van der Waals surface area contributed by atoms with E-state index in [1.54, 1.807) is 29.5 Å². The van der Waals surface area contributed by atoms with Gasteiger partial charge in [0.1, 0.15) is 22.7 Å². The predicted molar refractivity (Wildman–Crippen MR) is 109 cm³/mol. The van der Waals surface area contributed by atoms with E-state index < -0.39 is 0 Å². The molecule has 2 aromatic carbocycles. The molecule has 2 aromatic heterocycles. The lowest BCUT2D eigenvalue weighted by Gasteiger charge is -2.11. The number of thiophene rings is 1. The monoisotopic (exact) mass is 401 g/mol. The number of aryl methyl sites for hydroxylation is 1. The van der Waals surface area contributed by atoms with Gasteiger partial charge in [0, 0.05) is 20.5 Å². The first kappa shape index (κ1) is 17.1. The molecule has 0 atom stereocenters. The zero-order valence-corrected chi connectivity index (χ0v) is 16.0. The number of phenolic OH excluding ortho intramolecular Hbond substituents is 1. The smallest absolute Gasteiger partial charge is 0.143 e. The molecular weight excluding hydrogens is 389 g/mol. The van der Waals surface area contributed by atoms with Crippen LogP contribution in [-0.4, -0.2) is 15.1 Å². The Morgan fingerprint density at radius 3 is 2.50 bits per heavy atom. The van der Waals surface area contributed by atoms with Gasteiger partial charge in [0.15, 0.2) is 0 Å². The van der Waals surface area contributed by atoms with E-state index >= 15 is 0 Å². The molecule has 0 amide bonds. The number of phenols is 1. The van der Waals surface area contributed by atoms with Gasteiger partial charge in [0.05, 0.1) is 11.1 Å². The van der Waals surface area contributed by atoms with E-state index in [0.717, 1.165) is 26.2 Å². The molecule has 0 spiro atoms. The Kier molecular flexibility index (Phi) is 4.44. The van der Waals surface area contributed by atoms with Crippen molar-refractivity contribution < 1.29 is 5.11 Å². The maximum Gasteiger partial charge on any atom is 0.143 e. The fraction of sp³-hybridized carbons (Fsp3) is 0.0526. The van der Waals surface area contributed by atoms with E-state index in [1.165, 1.54) is 6.33 Å². The average Bonchev–Trinajstić information content (AvgIpc) is 2.96. The van der Waals surface area contributed by atoms with Crippen molar-refractivity contribution in [2.24, 2.45) is 0 Å². The molecule has 26 heavy (non-hydrogen) atoms. The topological polar surface area (TPSA) is 58.0 Å². The van der Waals surface area contributed by atoms with Crippen LogP contribution < -0.4 is 5.32 Å². The van der Waals surface area contributed by atoms with Gasteiger partial charge in [-0.2, -0.15) is 0 Å². The van der Waals surface area contributed by atoms with E-state index in [4.69, 9.17) is 23.2 Å². The molecule has 0 aliphatic rings. The van der Waals surface area contributed by atoms with Crippen LogP contribution in [0.25, 0.3) is 21.3 Å². The third kappa shape index (κ3) is 3.09. The molecule has 7 heteroatoms. The molecular formula is C19H13Cl2N3OS. The summed E-state index contributed by atoms with van der Waals surface area (Å²) in [5.41, 5.74) is 2.57. The quantitative estimate of drug-likeness (QED) is 0.388. The van der Waals surface area contributed by atoms with Crippen LogP contribution >= 0.6 is 34.5 Å². The van der Waals surface area contributed by atoms with Crippen LogP contribution in [0.1, 0.15) is 4.88 Å². The SMILES string of the molecule is Cc1sc2ncnc(Nc3cc(Cl)ccc3O)c2c1-c1ccc(Cl)cc1. The van der Waals surface area contributed by atoms with Crippen LogP contribution in [0.15, 0.2) is 48.8 Å². The number of rotatable bonds is 3. The number of aromatic nitrogens is 2. The fourth-order valence-electron chi connectivity index (χ4n) is 2.84. The summed E-state index contributed by atoms with van der Waals surface area (Å²) in [6.07, 6.45) is 1.51. The molecule has 0 fully saturated rings. The molecule has 4 rings (SSSR count). The number of hydrogen-bond acceptors (Lipinski definition) is 5. The summed E-state index contributed by atoms with van der Waals surface area (Å²) >= 11 is 13.7. The van der Waals surface area contributed by atoms with Crippen molar-refractivity contribution >= 4 is 56.3 Å². The highest BCUT2D eigenvalue weighted by molar-refractivity contribution is 7.19. The molecule has 2 N–H and O–H groups in total. The molecule has 4 nitrogen and oxygen atoms in total. The van der Waals surface area contributed by atoms with E-state index in [1.807, 2.05) is 24.3 Å². The van der Waals surface area contributed by atoms with Crippen molar-refractivity contribution in [1.29, 1.82) is 0 Å². The number of nitrogens with one attached hydrogen (secondary N) is 1. The zero-order chi connectivity index (χ0) is 18.3. The summed E-state index contributed by atoms with van der Waals surface area (Å²) in [7, 11) is 0. The lowest BCUT2D eigenvalue weighted by atomic mass is 10.0. The van der Waals surface area contributed by atoms with Crippen LogP contribution in [0.4, 0.5) is 11.5 Å². The molecule has 0 bridgehead atoms. The normalized spacial score (nSPS) is 11.0. The van der Waals surface area contributed by atoms with Crippen LogP contribution in [0, 0.1) is 6.92 Å². The predicted octanol–water partition coefficient (Wildman–Crippen LogP) is 6.42. The van der Waals surface area contributed by atoms with Gasteiger partial charge in [-0.15, -0.1) is 11.3 Å². The third-order valence-electron chi connectivity index (χ3n) is 4.01. The number of hydrogen-bond donors (Lipinski definition) is 2. The lowest BCUT2D eigenvalue weighted by Crippen LogP contribution is -1.96. The summed E-state index contributed by atoms with van der Waals surface area (Å²) in [6.45, 7) is 2.05. The number of anilines is 2. The van der Waals surface area contributed by atoms with Crippen LogP contribution in [-0.2, 0) is 0 Å². The van der Waals surface area contributed by atoms with Gasteiger partial charge in [-0.1, -0.05) is 35.3 Å². The minimum absolute atomic E-state index is 0.0983. The Morgan fingerprint density at radius 2 is 1.73 bits per heavy atom. The van der Waals surface area contributed by atoms with Crippen molar-refractivity contribution in [3.8, 4) is 16.9 Å². The molecule has 0 unspecified atom stereocenters. The molecule has 2 heterocycles. The third-order valence-corrected chi connectivity index (χ3v) is 5.51. The second-order valence-electron chi connectivity index (χ2n) is 5.73. The summed E-state index contributed by atoms with van der Waals surface area (Å²) in [6, 6.07) is 12.5. The largest absolute Gasteiger partial charge is 0.506 e. The van der Waals surface area contributed by atoms with E-state index in [0.29, 0.717) is 21.6 Å². The summed E-state index contributed by atoms with van der Waals surface area (Å²) in [4.78, 5) is 10.8. The molecule has 0 radical (unpaired) electrons. The van der Waals surface area contributed by atoms with Crippen LogP contribution in [0.2, 0.25) is 10.0 Å². The summed E-state index contributed by atoms with van der Waals surface area (Å²) in [5, 5.41) is 15.4. The van der Waals surface area contributed by atoms with Gasteiger partial charge in [0.2, 0.25) is 0 Å². The van der Waals surface area contributed by atoms with E-state index in [9.17, 15) is 5.11 Å². The Morgan fingerprint density at radius 1 is 1.00 bits per heavy atom. The van der Waals surface area contributed by atoms with Crippen molar-refractivity contribution in [1.82, 2.24) is 9.97 Å². The van der Waals surface area contributed by atoms with Crippen LogP contribution in [0.5, 0.6) is 5.75 Å². The second-order valence-corrected chi connectivity index (χ2v) is 7.81. The van der Waals surface area contributed by atoms with E-state index in [2.05, 4.69) is 22.2 Å². The van der Waals surface area contributed by atoms with Gasteiger partial charge in [-0.25, -0.2) is 9.97 Å². The Labute approximate surface area is 164 Å². The summed E-state index contributed by atoms with van der Waals surface area (Å²) < 4.78 is 0. The van der Waals surface area contributed by atoms with Crippen molar-refractivity contribution in [2.75, 3.05) is 5.32 Å². The number of aromatic hydroxyl groups is 1. The molecule has 0 aliphatic heterocycles. The van der Waals surface area contributed by atoms with Crippen molar-refractivity contribution in [3.63, 3.8) is 0 Å². The van der Waals surface area contributed by atoms with Gasteiger partial charge in [0.25, 0.3) is 0 Å². The Hall–Kier alpha value is -2.34. The van der Waals surface area contributed by atoms with Crippen LogP contribution in [0.3, 0.4) is 0 Å². The highest BCUT2D eigenvalue weighted by Crippen LogP contribution is 2.42. The maximum absolute atomic E-state index is 10.1. The standard InChI is InChI=1S/C19H13Cl2N3OS/c1-10-16(11-2-4-12(20)5-3-11)17-18(22-9-23-19(17)26-10)24-14-8-13(21)6-7-15(14)25/h2-9,25H,1H3,(H,22,23,24). The lowest BCUT2D eigenvalue weighted by molar-refractivity contribution is 0.478.